The minimum Gasteiger partial charge on any atom is -0.390 e. The number of anilines is 2. The third-order valence-corrected chi connectivity index (χ3v) is 10.8. The summed E-state index contributed by atoms with van der Waals surface area (Å²) in [5, 5.41) is 22.8. The maximum absolute atomic E-state index is 13.1. The second kappa shape index (κ2) is 16.8. The van der Waals surface area contributed by atoms with E-state index in [0.717, 1.165) is 82.6 Å². The van der Waals surface area contributed by atoms with Gasteiger partial charge in [0.15, 0.2) is 0 Å². The summed E-state index contributed by atoms with van der Waals surface area (Å²) in [5.74, 6) is -0.562. The number of carbonyl (C=O) groups is 4. The molecule has 0 saturated carbocycles. The smallest absolute Gasteiger partial charge is 0.270 e. The van der Waals surface area contributed by atoms with Gasteiger partial charge in [-0.15, -0.1) is 0 Å². The largest absolute Gasteiger partial charge is 0.390 e. The average molecular weight is 724 g/mol. The van der Waals surface area contributed by atoms with Crippen molar-refractivity contribution in [3.05, 3.63) is 82.8 Å². The number of aromatic nitrogens is 2. The number of nitrogens with zero attached hydrogens (tertiary/aromatic N) is 5. The molecular weight excluding hydrogens is 674 g/mol. The first kappa shape index (κ1) is 36.4. The Labute approximate surface area is 309 Å². The molecule has 1 unspecified atom stereocenters. The summed E-state index contributed by atoms with van der Waals surface area (Å²) >= 11 is 0. The van der Waals surface area contributed by atoms with E-state index in [1.165, 1.54) is 17.5 Å². The summed E-state index contributed by atoms with van der Waals surface area (Å²) in [6.45, 7) is 6.40. The molecule has 3 aromatic rings. The third-order valence-electron chi connectivity index (χ3n) is 10.8. The van der Waals surface area contributed by atoms with Crippen LogP contribution in [0.3, 0.4) is 0 Å². The maximum atomic E-state index is 13.1. The lowest BCUT2D eigenvalue weighted by Gasteiger charge is -2.32. The highest BCUT2D eigenvalue weighted by Crippen LogP contribution is 2.32. The molecular formula is C39H49N9O5. The SMILES string of the molecule is O=C1CCC(N2Cc3c(NCCCCN4CCC(Nc5cc(C(=O)NC[C@H](O)CN6CCc7ccccc7C6)ncn5)CC4)cccc3C2=O)C(=O)N1. The van der Waals surface area contributed by atoms with Crippen molar-refractivity contribution in [3.8, 4) is 0 Å². The topological polar surface area (TPSA) is 172 Å². The Morgan fingerprint density at radius 3 is 2.58 bits per heavy atom. The van der Waals surface area contributed by atoms with E-state index in [9.17, 15) is 24.3 Å². The molecule has 4 aliphatic heterocycles. The Bertz CT molecular complexity index is 1810. The molecule has 5 heterocycles. The number of carbonyl (C=O) groups excluding carboxylic acids is 4. The van der Waals surface area contributed by atoms with Crippen LogP contribution in [0, 0.1) is 0 Å². The quantitative estimate of drug-likeness (QED) is 0.122. The Morgan fingerprint density at radius 1 is 0.925 bits per heavy atom. The third kappa shape index (κ3) is 9.00. The average Bonchev–Trinajstić information content (AvgIpc) is 3.50. The molecule has 2 aromatic carbocycles. The van der Waals surface area contributed by atoms with Crippen LogP contribution in [-0.4, -0.2) is 117 Å². The van der Waals surface area contributed by atoms with Crippen LogP contribution in [0.25, 0.3) is 0 Å². The number of hydrogen-bond acceptors (Lipinski definition) is 11. The standard InChI is InChI=1S/C39H49N9O5/c49-29(23-47-17-12-26-6-1-2-7-27(26)22-47)21-41-37(51)33-20-35(43-25-42-33)44-28-13-18-46(19-14-28)16-4-3-15-40-32-9-5-8-30-31(32)24-48(39(30)53)34-10-11-36(50)45-38(34)52/h1-2,5-9,20,25,28-29,34,40,49H,3-4,10-19,21-24H2,(H,41,51)(H,42,43,44)(H,45,50,52)/t29-,34?/m0/s1. The number of amides is 4. The van der Waals surface area contributed by atoms with Gasteiger partial charge in [-0.2, -0.15) is 0 Å². The second-order valence-electron chi connectivity index (χ2n) is 14.5. The molecule has 0 aliphatic carbocycles. The molecule has 280 valence electrons. The summed E-state index contributed by atoms with van der Waals surface area (Å²) in [7, 11) is 0. The van der Waals surface area contributed by atoms with Crippen molar-refractivity contribution >= 4 is 35.1 Å². The van der Waals surface area contributed by atoms with E-state index in [-0.39, 0.29) is 42.4 Å². The number of nitrogens with one attached hydrogen (secondary N) is 4. The molecule has 0 spiro atoms. The van der Waals surface area contributed by atoms with Gasteiger partial charge in [0.2, 0.25) is 11.8 Å². The van der Waals surface area contributed by atoms with Gasteiger partial charge < -0.3 is 30.9 Å². The Hall–Kier alpha value is -4.92. The number of β-amino-alcohol motifs (C(OH)–C–C–N with tert-alkyl or cyclic N) is 1. The highest BCUT2D eigenvalue weighted by molar-refractivity contribution is 6.06. The van der Waals surface area contributed by atoms with Gasteiger partial charge in [0.1, 0.15) is 23.9 Å². The lowest BCUT2D eigenvalue weighted by Crippen LogP contribution is -2.52. The number of imide groups is 1. The van der Waals surface area contributed by atoms with E-state index in [1.54, 1.807) is 17.0 Å². The number of aliphatic hydroxyl groups is 1. The first-order chi connectivity index (χ1) is 25.8. The van der Waals surface area contributed by atoms with Crippen LogP contribution in [0.1, 0.15) is 76.1 Å². The van der Waals surface area contributed by atoms with Crippen LogP contribution in [-0.2, 0) is 29.1 Å². The zero-order valence-corrected chi connectivity index (χ0v) is 30.1. The minimum absolute atomic E-state index is 0.152. The Morgan fingerprint density at radius 2 is 1.75 bits per heavy atom. The molecule has 1 aromatic heterocycles. The molecule has 2 atom stereocenters. The number of aliphatic hydroxyl groups excluding tert-OH is 1. The van der Waals surface area contributed by atoms with Crippen LogP contribution in [0.5, 0.6) is 0 Å². The van der Waals surface area contributed by atoms with Crippen molar-refractivity contribution < 1.29 is 24.3 Å². The monoisotopic (exact) mass is 723 g/mol. The molecule has 7 rings (SSSR count). The zero-order valence-electron chi connectivity index (χ0n) is 30.1. The summed E-state index contributed by atoms with van der Waals surface area (Å²) in [6, 6.07) is 15.3. The fourth-order valence-corrected chi connectivity index (χ4v) is 7.88. The van der Waals surface area contributed by atoms with Crippen molar-refractivity contribution in [2.45, 2.75) is 76.2 Å². The van der Waals surface area contributed by atoms with E-state index in [4.69, 9.17) is 0 Å². The first-order valence-electron chi connectivity index (χ1n) is 18.9. The normalized spacial score (nSPS) is 20.1. The number of piperidine rings is 2. The number of rotatable bonds is 14. The molecule has 0 radical (unpaired) electrons. The van der Waals surface area contributed by atoms with Crippen LogP contribution in [0.2, 0.25) is 0 Å². The summed E-state index contributed by atoms with van der Waals surface area (Å²) in [5.41, 5.74) is 5.36. The molecule has 2 fully saturated rings. The molecule has 2 saturated heterocycles. The zero-order chi connectivity index (χ0) is 36.7. The summed E-state index contributed by atoms with van der Waals surface area (Å²) in [4.78, 5) is 64.8. The summed E-state index contributed by atoms with van der Waals surface area (Å²) < 4.78 is 0. The van der Waals surface area contributed by atoms with Gasteiger partial charge in [0.05, 0.1) is 6.10 Å². The second-order valence-corrected chi connectivity index (χ2v) is 14.5. The Balaban J connectivity index is 0.786. The fraction of sp³-hybridized carbons (Fsp3) is 0.487. The molecule has 4 aliphatic rings. The molecule has 14 heteroatoms. The first-order valence-corrected chi connectivity index (χ1v) is 18.9. The number of fused-ring (bicyclic) bond motifs is 2. The van der Waals surface area contributed by atoms with Crippen LogP contribution < -0.4 is 21.3 Å². The van der Waals surface area contributed by atoms with E-state index in [2.05, 4.69) is 59.2 Å². The minimum atomic E-state index is -0.679. The van der Waals surface area contributed by atoms with Gasteiger partial charge in [-0.1, -0.05) is 30.3 Å². The van der Waals surface area contributed by atoms with Gasteiger partial charge in [-0.25, -0.2) is 9.97 Å². The van der Waals surface area contributed by atoms with Crippen molar-refractivity contribution in [2.24, 2.45) is 0 Å². The number of unbranched alkanes of at least 4 members (excludes halogenated alkanes) is 1. The molecule has 14 nitrogen and oxygen atoms in total. The maximum Gasteiger partial charge on any atom is 0.270 e. The van der Waals surface area contributed by atoms with E-state index >= 15 is 0 Å². The highest BCUT2D eigenvalue weighted by atomic mass is 16.3. The van der Waals surface area contributed by atoms with Crippen LogP contribution in [0.4, 0.5) is 11.5 Å². The van der Waals surface area contributed by atoms with Gasteiger partial charge in [-0.3, -0.25) is 29.4 Å². The van der Waals surface area contributed by atoms with Gasteiger partial charge >= 0.3 is 0 Å². The number of hydrogen-bond donors (Lipinski definition) is 5. The lowest BCUT2D eigenvalue weighted by molar-refractivity contribution is -0.136. The van der Waals surface area contributed by atoms with Crippen molar-refractivity contribution in [3.63, 3.8) is 0 Å². The molecule has 5 N–H and O–H groups in total. The Kier molecular flexibility index (Phi) is 11.6. The van der Waals surface area contributed by atoms with Crippen molar-refractivity contribution in [1.82, 2.24) is 35.3 Å². The fourth-order valence-electron chi connectivity index (χ4n) is 7.88. The number of benzene rings is 2. The number of likely N-dealkylation sites (tertiary alicyclic amines) is 1. The van der Waals surface area contributed by atoms with Crippen molar-refractivity contribution in [2.75, 3.05) is 56.4 Å². The summed E-state index contributed by atoms with van der Waals surface area (Å²) in [6.07, 6.45) is 6.21. The molecule has 53 heavy (non-hydrogen) atoms. The van der Waals surface area contributed by atoms with Crippen molar-refractivity contribution in [1.29, 1.82) is 0 Å². The van der Waals surface area contributed by atoms with Gasteiger partial charge in [0.25, 0.3) is 11.8 Å². The van der Waals surface area contributed by atoms with Gasteiger partial charge in [-0.05, 0) is 68.3 Å². The predicted molar refractivity (Wildman–Crippen MR) is 199 cm³/mol. The highest BCUT2D eigenvalue weighted by Gasteiger charge is 2.39. The van der Waals surface area contributed by atoms with Gasteiger partial charge in [0, 0.05) is 87.7 Å². The lowest BCUT2D eigenvalue weighted by atomic mass is 10.00. The predicted octanol–water partition coefficient (Wildman–Crippen LogP) is 2.16. The van der Waals surface area contributed by atoms with Crippen LogP contribution in [0.15, 0.2) is 54.9 Å². The van der Waals surface area contributed by atoms with Crippen LogP contribution >= 0.6 is 0 Å². The van der Waals surface area contributed by atoms with E-state index < -0.39 is 18.1 Å². The van der Waals surface area contributed by atoms with E-state index in [0.29, 0.717) is 30.9 Å². The molecule has 4 amide bonds. The van der Waals surface area contributed by atoms with E-state index in [1.807, 2.05) is 18.2 Å². The molecule has 0 bridgehead atoms.